The van der Waals surface area contributed by atoms with Crippen molar-refractivity contribution < 1.29 is 8.42 Å². The summed E-state index contributed by atoms with van der Waals surface area (Å²) < 4.78 is 23.8. The zero-order valence-corrected chi connectivity index (χ0v) is 9.67. The Hall–Kier alpha value is -0.540. The van der Waals surface area contributed by atoms with E-state index in [4.69, 9.17) is 6.42 Å². The maximum Gasteiger partial charge on any atom is 0.189 e. The first-order valence-corrected chi connectivity index (χ1v) is 6.21. The van der Waals surface area contributed by atoms with Crippen LogP contribution in [0.5, 0.6) is 0 Å². The fourth-order valence-electron chi connectivity index (χ4n) is 0.835. The Balaban J connectivity index is 3.11. The van der Waals surface area contributed by atoms with Crippen LogP contribution >= 0.6 is 22.6 Å². The summed E-state index contributed by atoms with van der Waals surface area (Å²) in [5.74, 6) is 1.89. The molecule has 1 aromatic carbocycles. The van der Waals surface area contributed by atoms with E-state index >= 15 is 0 Å². The molecular formula is C9H7IO2S. The van der Waals surface area contributed by atoms with E-state index in [0.717, 1.165) is 3.57 Å². The number of halogens is 1. The molecule has 0 unspecified atom stereocenters. The molecule has 0 fully saturated rings. The molecule has 0 aliphatic heterocycles. The number of hydrogen-bond acceptors (Lipinski definition) is 2. The first-order chi connectivity index (χ1) is 6.06. The topological polar surface area (TPSA) is 34.1 Å². The van der Waals surface area contributed by atoms with Crippen LogP contribution in [0, 0.1) is 15.9 Å². The molecule has 0 amide bonds. The van der Waals surface area contributed by atoms with Gasteiger partial charge in [0.15, 0.2) is 9.84 Å². The number of terminal acetylenes is 1. The van der Waals surface area contributed by atoms with E-state index in [1.54, 1.807) is 24.3 Å². The molecular weight excluding hydrogens is 299 g/mol. The second kappa shape index (κ2) is 4.11. The highest BCUT2D eigenvalue weighted by molar-refractivity contribution is 14.1. The zero-order chi connectivity index (χ0) is 9.90. The van der Waals surface area contributed by atoms with Crippen molar-refractivity contribution in [3.05, 3.63) is 27.8 Å². The zero-order valence-electron chi connectivity index (χ0n) is 6.70. The van der Waals surface area contributed by atoms with E-state index < -0.39 is 9.84 Å². The van der Waals surface area contributed by atoms with Crippen molar-refractivity contribution in [2.45, 2.75) is 4.90 Å². The Bertz CT molecular complexity index is 426. The SMILES string of the molecule is C#CCS(=O)(=O)c1ccc(I)cc1. The average molecular weight is 306 g/mol. The summed E-state index contributed by atoms with van der Waals surface area (Å²) >= 11 is 2.11. The highest BCUT2D eigenvalue weighted by atomic mass is 127. The van der Waals surface area contributed by atoms with Crippen LogP contribution in [0.1, 0.15) is 0 Å². The van der Waals surface area contributed by atoms with Gasteiger partial charge in [0.25, 0.3) is 0 Å². The minimum Gasteiger partial charge on any atom is -0.223 e. The molecule has 68 valence electrons. The Kier molecular flexibility index (Phi) is 3.33. The first-order valence-electron chi connectivity index (χ1n) is 3.48. The highest BCUT2D eigenvalue weighted by Crippen LogP contribution is 2.13. The van der Waals surface area contributed by atoms with Gasteiger partial charge in [-0.15, -0.1) is 6.42 Å². The molecule has 1 rings (SSSR count). The highest BCUT2D eigenvalue weighted by Gasteiger charge is 2.11. The van der Waals surface area contributed by atoms with Crippen molar-refractivity contribution in [2.24, 2.45) is 0 Å². The number of hydrogen-bond donors (Lipinski definition) is 0. The predicted octanol–water partition coefficient (Wildman–Crippen LogP) is 1.70. The summed E-state index contributed by atoms with van der Waals surface area (Å²) in [7, 11) is -3.27. The normalized spacial score (nSPS) is 10.8. The van der Waals surface area contributed by atoms with E-state index in [1.165, 1.54) is 0 Å². The number of benzene rings is 1. The largest absolute Gasteiger partial charge is 0.223 e. The average Bonchev–Trinajstić information content (AvgIpc) is 2.05. The molecule has 0 heterocycles. The molecule has 0 N–H and O–H groups in total. The molecule has 0 aliphatic carbocycles. The maximum absolute atomic E-state index is 11.4. The van der Waals surface area contributed by atoms with Gasteiger partial charge in [0.1, 0.15) is 5.75 Å². The molecule has 13 heavy (non-hydrogen) atoms. The van der Waals surface area contributed by atoms with E-state index in [9.17, 15) is 8.42 Å². The van der Waals surface area contributed by atoms with Gasteiger partial charge in [-0.2, -0.15) is 0 Å². The van der Waals surface area contributed by atoms with Crippen molar-refractivity contribution in [1.29, 1.82) is 0 Å². The standard InChI is InChI=1S/C9H7IO2S/c1-2-7-13(11,12)9-5-3-8(10)4-6-9/h1,3-6H,7H2. The maximum atomic E-state index is 11.4. The number of sulfone groups is 1. The molecule has 4 heteroatoms. The minimum atomic E-state index is -3.27. The Morgan fingerprint density at radius 2 is 1.85 bits per heavy atom. The van der Waals surface area contributed by atoms with E-state index in [0.29, 0.717) is 0 Å². The lowest BCUT2D eigenvalue weighted by Crippen LogP contribution is -2.04. The smallest absolute Gasteiger partial charge is 0.189 e. The van der Waals surface area contributed by atoms with Crippen molar-refractivity contribution in [1.82, 2.24) is 0 Å². The molecule has 2 nitrogen and oxygen atoms in total. The molecule has 0 saturated heterocycles. The van der Waals surface area contributed by atoms with E-state index in [2.05, 4.69) is 28.5 Å². The van der Waals surface area contributed by atoms with Gasteiger partial charge in [0, 0.05) is 3.57 Å². The van der Waals surface area contributed by atoms with Gasteiger partial charge in [-0.3, -0.25) is 0 Å². The van der Waals surface area contributed by atoms with Crippen LogP contribution in [-0.2, 0) is 9.84 Å². The van der Waals surface area contributed by atoms with Crippen molar-refractivity contribution in [3.63, 3.8) is 0 Å². The lowest BCUT2D eigenvalue weighted by atomic mass is 10.4. The Morgan fingerprint density at radius 3 is 2.31 bits per heavy atom. The summed E-state index contributed by atoms with van der Waals surface area (Å²) in [5, 5.41) is 0. The van der Waals surface area contributed by atoms with Crippen molar-refractivity contribution in [3.8, 4) is 12.3 Å². The van der Waals surface area contributed by atoms with Crippen molar-refractivity contribution in [2.75, 3.05) is 5.75 Å². The summed E-state index contributed by atoms with van der Waals surface area (Å²) in [6.45, 7) is 0. The molecule has 0 saturated carbocycles. The lowest BCUT2D eigenvalue weighted by Gasteiger charge is -1.99. The summed E-state index contributed by atoms with van der Waals surface area (Å²) in [5.41, 5.74) is 0. The minimum absolute atomic E-state index is 0.242. The molecule has 0 atom stereocenters. The van der Waals surface area contributed by atoms with Gasteiger partial charge in [0.05, 0.1) is 4.90 Å². The second-order valence-electron chi connectivity index (χ2n) is 2.42. The van der Waals surface area contributed by atoms with Crippen LogP contribution in [0.25, 0.3) is 0 Å². The van der Waals surface area contributed by atoms with Crippen molar-refractivity contribution >= 4 is 32.4 Å². The summed E-state index contributed by atoms with van der Waals surface area (Å²) in [6.07, 6.45) is 4.95. The second-order valence-corrected chi connectivity index (χ2v) is 5.65. The third-order valence-electron chi connectivity index (χ3n) is 1.45. The molecule has 0 radical (unpaired) electrons. The summed E-state index contributed by atoms with van der Waals surface area (Å²) in [4.78, 5) is 0.283. The van der Waals surface area contributed by atoms with E-state index in [-0.39, 0.29) is 10.6 Å². The van der Waals surface area contributed by atoms with Gasteiger partial charge in [-0.05, 0) is 46.9 Å². The van der Waals surface area contributed by atoms with Gasteiger partial charge in [-0.1, -0.05) is 5.92 Å². The van der Waals surface area contributed by atoms with E-state index in [1.807, 2.05) is 0 Å². The quantitative estimate of drug-likeness (QED) is 0.616. The Labute approximate surface area is 91.4 Å². The fraction of sp³-hybridized carbons (Fsp3) is 0.111. The van der Waals surface area contributed by atoms with Gasteiger partial charge in [0.2, 0.25) is 0 Å². The monoisotopic (exact) mass is 306 g/mol. The molecule has 0 aliphatic rings. The fourth-order valence-corrected chi connectivity index (χ4v) is 2.13. The van der Waals surface area contributed by atoms with Crippen LogP contribution in [0.15, 0.2) is 29.2 Å². The first kappa shape index (κ1) is 10.5. The van der Waals surface area contributed by atoms with Gasteiger partial charge < -0.3 is 0 Å². The number of rotatable bonds is 2. The summed E-state index contributed by atoms with van der Waals surface area (Å²) in [6, 6.07) is 6.61. The van der Waals surface area contributed by atoms with Crippen LogP contribution < -0.4 is 0 Å². The molecule has 1 aromatic rings. The third kappa shape index (κ3) is 2.71. The van der Waals surface area contributed by atoms with Gasteiger partial charge >= 0.3 is 0 Å². The van der Waals surface area contributed by atoms with Crippen LogP contribution in [-0.4, -0.2) is 14.2 Å². The van der Waals surface area contributed by atoms with Crippen LogP contribution in [0.3, 0.4) is 0 Å². The van der Waals surface area contributed by atoms with Crippen LogP contribution in [0.4, 0.5) is 0 Å². The Morgan fingerprint density at radius 1 is 1.31 bits per heavy atom. The molecule has 0 spiro atoms. The molecule has 0 bridgehead atoms. The lowest BCUT2D eigenvalue weighted by molar-refractivity contribution is 0.599. The third-order valence-corrected chi connectivity index (χ3v) is 3.70. The molecule has 0 aromatic heterocycles. The predicted molar refractivity (Wildman–Crippen MR) is 60.0 cm³/mol. The van der Waals surface area contributed by atoms with Crippen LogP contribution in [0.2, 0.25) is 0 Å². The van der Waals surface area contributed by atoms with Gasteiger partial charge in [-0.25, -0.2) is 8.42 Å².